The molecule has 6 heteroatoms. The quantitative estimate of drug-likeness (QED) is 0.414. The van der Waals surface area contributed by atoms with Crippen molar-refractivity contribution >= 4 is 27.8 Å². The van der Waals surface area contributed by atoms with Gasteiger partial charge in [0.15, 0.2) is 0 Å². The van der Waals surface area contributed by atoms with Crippen LogP contribution in [-0.2, 0) is 30.6 Å². The summed E-state index contributed by atoms with van der Waals surface area (Å²) in [7, 11) is 0. The largest absolute Gasteiger partial charge is 0.487 e. The van der Waals surface area contributed by atoms with Gasteiger partial charge >= 0.3 is 5.97 Å². The fourth-order valence-electron chi connectivity index (χ4n) is 4.46. The molecule has 4 rings (SSSR count). The summed E-state index contributed by atoms with van der Waals surface area (Å²) in [5, 5.41) is 9.40. The third kappa shape index (κ3) is 5.50. The van der Waals surface area contributed by atoms with E-state index in [1.807, 2.05) is 36.4 Å². The van der Waals surface area contributed by atoms with Crippen molar-refractivity contribution in [3.8, 4) is 5.75 Å². The predicted molar refractivity (Wildman–Crippen MR) is 135 cm³/mol. The van der Waals surface area contributed by atoms with Crippen molar-refractivity contribution in [3.63, 3.8) is 0 Å². The van der Waals surface area contributed by atoms with Gasteiger partial charge in [-0.1, -0.05) is 65.3 Å². The van der Waals surface area contributed by atoms with Crippen LogP contribution in [0.3, 0.4) is 0 Å². The highest BCUT2D eigenvalue weighted by molar-refractivity contribution is 9.10. The van der Waals surface area contributed by atoms with Crippen LogP contribution < -0.4 is 4.74 Å². The van der Waals surface area contributed by atoms with Gasteiger partial charge in [-0.2, -0.15) is 0 Å². The van der Waals surface area contributed by atoms with Crippen LogP contribution in [0.4, 0.5) is 0 Å². The van der Waals surface area contributed by atoms with E-state index in [9.17, 15) is 14.7 Å². The zero-order valence-electron chi connectivity index (χ0n) is 19.4. The van der Waals surface area contributed by atoms with Crippen molar-refractivity contribution in [2.24, 2.45) is 0 Å². The number of halogens is 1. The smallest absolute Gasteiger partial charge is 0.323 e. The summed E-state index contributed by atoms with van der Waals surface area (Å²) in [5.41, 5.74) is 4.41. The second-order valence-corrected chi connectivity index (χ2v) is 9.90. The third-order valence-electron chi connectivity index (χ3n) is 6.17. The molecule has 176 valence electrons. The first-order chi connectivity index (χ1) is 16.3. The van der Waals surface area contributed by atoms with Crippen molar-refractivity contribution < 1.29 is 19.4 Å². The number of carbonyl (C=O) groups is 2. The first-order valence-electron chi connectivity index (χ1n) is 11.4. The number of fused-ring (bicyclic) bond motifs is 1. The maximum Gasteiger partial charge on any atom is 0.323 e. The lowest BCUT2D eigenvalue weighted by atomic mass is 9.91. The number of rotatable bonds is 8. The summed E-state index contributed by atoms with van der Waals surface area (Å²) < 4.78 is 7.14. The van der Waals surface area contributed by atoms with Gasteiger partial charge < -0.3 is 14.7 Å². The highest BCUT2D eigenvalue weighted by Gasteiger charge is 2.35. The van der Waals surface area contributed by atoms with Crippen molar-refractivity contribution in [3.05, 3.63) is 99.0 Å². The molecule has 0 bridgehead atoms. The van der Waals surface area contributed by atoms with Gasteiger partial charge in [0, 0.05) is 29.4 Å². The fraction of sp³-hybridized carbons (Fsp3) is 0.286. The van der Waals surface area contributed by atoms with E-state index in [-0.39, 0.29) is 19.0 Å². The Morgan fingerprint density at radius 2 is 1.76 bits per heavy atom. The van der Waals surface area contributed by atoms with Crippen LogP contribution in [0.25, 0.3) is 0 Å². The number of nitrogens with zero attached hydrogens (tertiary/aromatic N) is 1. The molecule has 1 N–H and O–H groups in total. The normalized spacial score (nSPS) is 16.6. The molecule has 0 fully saturated rings. The molecule has 1 heterocycles. The maximum atomic E-state index is 13.3. The highest BCUT2D eigenvalue weighted by atomic mass is 79.9. The molecule has 1 amide bonds. The van der Waals surface area contributed by atoms with E-state index < -0.39 is 11.6 Å². The monoisotopic (exact) mass is 521 g/mol. The number of benzene rings is 3. The molecule has 5 nitrogen and oxygen atoms in total. The Balaban J connectivity index is 1.52. The average molecular weight is 522 g/mol. The maximum absolute atomic E-state index is 13.3. The molecule has 0 spiro atoms. The van der Waals surface area contributed by atoms with E-state index in [4.69, 9.17) is 4.74 Å². The van der Waals surface area contributed by atoms with E-state index in [1.54, 1.807) is 6.07 Å². The van der Waals surface area contributed by atoms with Gasteiger partial charge in [0.05, 0.1) is 0 Å². The number of hydrogen-bond donors (Lipinski definition) is 1. The minimum atomic E-state index is -1.05. The van der Waals surface area contributed by atoms with Crippen LogP contribution in [0.1, 0.15) is 46.5 Å². The van der Waals surface area contributed by atoms with Gasteiger partial charge in [0.2, 0.25) is 0 Å². The second kappa shape index (κ2) is 10.0. The molecule has 3 aromatic rings. The molecule has 0 aliphatic carbocycles. The summed E-state index contributed by atoms with van der Waals surface area (Å²) in [6, 6.07) is 21.5. The van der Waals surface area contributed by atoms with Gasteiger partial charge in [-0.3, -0.25) is 9.59 Å². The first-order valence-corrected chi connectivity index (χ1v) is 12.2. The highest BCUT2D eigenvalue weighted by Crippen LogP contribution is 2.37. The second-order valence-electron chi connectivity index (χ2n) is 9.04. The van der Waals surface area contributed by atoms with E-state index in [0.29, 0.717) is 12.0 Å². The lowest BCUT2D eigenvalue weighted by Gasteiger charge is -2.24. The van der Waals surface area contributed by atoms with Crippen LogP contribution >= 0.6 is 15.9 Å². The van der Waals surface area contributed by atoms with E-state index in [1.165, 1.54) is 16.0 Å². The molecule has 0 unspecified atom stereocenters. The standard InChI is InChI=1S/C28H28BrNO4/c1-3-19-8-10-20(11-9-19)15-28(2)16-23-14-21(12-13-25(23)34-28)27(33)30(18-26(31)32)17-22-6-4-5-7-24(22)29/h4-14H,3,15-18H2,1-2H3,(H,31,32)/t28-/m0/s1. The number of carbonyl (C=O) groups excluding carboxylic acids is 1. The van der Waals surface area contributed by atoms with Gasteiger partial charge in [0.25, 0.3) is 5.91 Å². The summed E-state index contributed by atoms with van der Waals surface area (Å²) in [6.07, 6.45) is 2.46. The predicted octanol–water partition coefficient (Wildman–Crippen LogP) is 5.67. The van der Waals surface area contributed by atoms with E-state index in [2.05, 4.69) is 54.0 Å². The van der Waals surface area contributed by atoms with Gasteiger partial charge in [0.1, 0.15) is 17.9 Å². The van der Waals surface area contributed by atoms with Crippen LogP contribution in [0.15, 0.2) is 71.2 Å². The van der Waals surface area contributed by atoms with Crippen molar-refractivity contribution in [1.29, 1.82) is 0 Å². The van der Waals surface area contributed by atoms with Crippen LogP contribution in [0.5, 0.6) is 5.75 Å². The molecule has 1 atom stereocenters. The minimum absolute atomic E-state index is 0.200. The lowest BCUT2D eigenvalue weighted by Crippen LogP contribution is -2.35. The number of amides is 1. The molecule has 1 aliphatic rings. The first kappa shape index (κ1) is 24.0. The Morgan fingerprint density at radius 3 is 2.44 bits per heavy atom. The zero-order chi connectivity index (χ0) is 24.3. The number of ether oxygens (including phenoxy) is 1. The molecule has 0 saturated heterocycles. The van der Waals surface area contributed by atoms with Crippen LogP contribution in [0.2, 0.25) is 0 Å². The van der Waals surface area contributed by atoms with E-state index in [0.717, 1.165) is 34.2 Å². The molecule has 0 radical (unpaired) electrons. The number of aryl methyl sites for hydroxylation is 1. The Hall–Kier alpha value is -3.12. The van der Waals surface area contributed by atoms with E-state index >= 15 is 0 Å². The molecule has 1 aliphatic heterocycles. The van der Waals surface area contributed by atoms with Crippen molar-refractivity contribution in [1.82, 2.24) is 4.90 Å². The Kier molecular flexibility index (Phi) is 7.08. The zero-order valence-corrected chi connectivity index (χ0v) is 21.0. The summed E-state index contributed by atoms with van der Waals surface area (Å²) >= 11 is 3.48. The Morgan fingerprint density at radius 1 is 1.06 bits per heavy atom. The fourth-order valence-corrected chi connectivity index (χ4v) is 4.87. The van der Waals surface area contributed by atoms with Crippen LogP contribution in [0, 0.1) is 0 Å². The number of carboxylic acid groups (broad SMARTS) is 1. The molecular formula is C28H28BrNO4. The lowest BCUT2D eigenvalue weighted by molar-refractivity contribution is -0.137. The summed E-state index contributed by atoms with van der Waals surface area (Å²) in [5.74, 6) is -0.587. The van der Waals surface area contributed by atoms with Gasteiger partial charge in [-0.15, -0.1) is 0 Å². The van der Waals surface area contributed by atoms with Crippen molar-refractivity contribution in [2.45, 2.75) is 45.3 Å². The Labute approximate surface area is 208 Å². The number of hydrogen-bond acceptors (Lipinski definition) is 3. The Bertz CT molecular complexity index is 1210. The molecular weight excluding hydrogens is 494 g/mol. The molecule has 0 saturated carbocycles. The van der Waals surface area contributed by atoms with Gasteiger partial charge in [-0.05, 0) is 59.9 Å². The topological polar surface area (TPSA) is 66.8 Å². The average Bonchev–Trinajstić information content (AvgIpc) is 3.14. The summed E-state index contributed by atoms with van der Waals surface area (Å²) in [4.78, 5) is 26.2. The molecule has 34 heavy (non-hydrogen) atoms. The van der Waals surface area contributed by atoms with Gasteiger partial charge in [-0.25, -0.2) is 0 Å². The molecule has 3 aromatic carbocycles. The minimum Gasteiger partial charge on any atom is -0.487 e. The SMILES string of the molecule is CCc1ccc(C[C@@]2(C)Cc3cc(C(=O)N(CC(=O)O)Cc4ccccc4Br)ccc3O2)cc1. The van der Waals surface area contributed by atoms with Crippen LogP contribution in [-0.4, -0.2) is 34.0 Å². The summed E-state index contributed by atoms with van der Waals surface area (Å²) in [6.45, 7) is 4.05. The number of carboxylic acids is 1. The third-order valence-corrected chi connectivity index (χ3v) is 6.94. The number of aliphatic carboxylic acids is 1. The molecule has 0 aromatic heterocycles. The van der Waals surface area contributed by atoms with Crippen molar-refractivity contribution in [2.75, 3.05) is 6.54 Å².